The van der Waals surface area contributed by atoms with Crippen molar-refractivity contribution in [2.75, 3.05) is 33.9 Å². The number of hydrogen-bond acceptors (Lipinski definition) is 5. The molecule has 4 fully saturated rings. The van der Waals surface area contributed by atoms with Gasteiger partial charge in [-0.1, -0.05) is 6.07 Å². The molecule has 0 unspecified atom stereocenters. The number of fused-ring (bicyclic) bond motifs is 1. The molecule has 3 saturated heterocycles. The van der Waals surface area contributed by atoms with Gasteiger partial charge in [-0.05, 0) is 37.8 Å². The highest BCUT2D eigenvalue weighted by atomic mass is 16.5. The van der Waals surface area contributed by atoms with E-state index in [2.05, 4.69) is 5.32 Å². The van der Waals surface area contributed by atoms with Crippen molar-refractivity contribution in [2.24, 2.45) is 17.8 Å². The largest absolute Gasteiger partial charge is 0.496 e. The number of nitrogens with one attached hydrogen (secondary N) is 1. The number of likely N-dealkylation sites (tertiary alicyclic amines) is 1. The Labute approximate surface area is 170 Å². The summed E-state index contributed by atoms with van der Waals surface area (Å²) in [6.45, 7) is 1.87. The van der Waals surface area contributed by atoms with Crippen LogP contribution < -0.4 is 14.8 Å². The van der Waals surface area contributed by atoms with Crippen LogP contribution in [0, 0.1) is 17.8 Å². The van der Waals surface area contributed by atoms with Crippen molar-refractivity contribution < 1.29 is 23.8 Å². The van der Waals surface area contributed by atoms with E-state index in [9.17, 15) is 9.59 Å². The van der Waals surface area contributed by atoms with E-state index in [0.29, 0.717) is 36.7 Å². The maximum absolute atomic E-state index is 13.4. The lowest BCUT2D eigenvalue weighted by Crippen LogP contribution is -2.42. The Morgan fingerprint density at radius 3 is 2.59 bits per heavy atom. The minimum atomic E-state index is -0.273. The predicted octanol–water partition coefficient (Wildman–Crippen LogP) is 1.85. The van der Waals surface area contributed by atoms with E-state index in [0.717, 1.165) is 25.7 Å². The summed E-state index contributed by atoms with van der Waals surface area (Å²) in [5.74, 6) is 1.85. The quantitative estimate of drug-likeness (QED) is 0.789. The van der Waals surface area contributed by atoms with Gasteiger partial charge in [0.25, 0.3) is 5.91 Å². The normalized spacial score (nSPS) is 32.2. The second-order valence-corrected chi connectivity index (χ2v) is 8.77. The number of amides is 2. The Bertz CT molecular complexity index is 816. The molecule has 1 N–H and O–H groups in total. The molecule has 1 spiro atoms. The standard InChI is InChI=1S/C22H28N2O5/c1-27-17-4-3-5-18(28-2)19(17)21(26)24-11-15-14(10-23-20(25)13-6-7-13)16-8-9-22(15,12-24)29-16/h3-5,13-16H,6-12H2,1-2H3,(H,23,25)/t14-,15+,16+,22+/m0/s1. The molecule has 7 nitrogen and oxygen atoms in total. The first-order valence-corrected chi connectivity index (χ1v) is 10.5. The van der Waals surface area contributed by atoms with Crippen molar-refractivity contribution in [1.29, 1.82) is 0 Å². The summed E-state index contributed by atoms with van der Waals surface area (Å²) >= 11 is 0. The first-order chi connectivity index (χ1) is 14.1. The highest BCUT2D eigenvalue weighted by Gasteiger charge is 2.63. The molecule has 3 heterocycles. The minimum absolute atomic E-state index is 0.0871. The fraction of sp³-hybridized carbons (Fsp3) is 0.636. The van der Waals surface area contributed by atoms with E-state index >= 15 is 0 Å². The van der Waals surface area contributed by atoms with E-state index < -0.39 is 0 Å². The average Bonchev–Trinajstić information content (AvgIpc) is 3.32. The first kappa shape index (κ1) is 18.7. The average molecular weight is 400 g/mol. The third-order valence-corrected chi connectivity index (χ3v) is 7.17. The maximum atomic E-state index is 13.4. The van der Waals surface area contributed by atoms with Gasteiger partial charge in [-0.15, -0.1) is 0 Å². The molecule has 0 aromatic heterocycles. The summed E-state index contributed by atoms with van der Waals surface area (Å²) in [6.07, 6.45) is 4.18. The molecule has 5 rings (SSSR count). The van der Waals surface area contributed by atoms with Gasteiger partial charge >= 0.3 is 0 Å². The monoisotopic (exact) mass is 400 g/mol. The Morgan fingerprint density at radius 1 is 1.21 bits per heavy atom. The number of carbonyl (C=O) groups is 2. The highest BCUT2D eigenvalue weighted by Crippen LogP contribution is 2.55. The molecule has 2 amide bonds. The number of hydrogen-bond donors (Lipinski definition) is 1. The van der Waals surface area contributed by atoms with E-state index in [1.807, 2.05) is 11.0 Å². The summed E-state index contributed by atoms with van der Waals surface area (Å²) in [6, 6.07) is 5.38. The molecule has 7 heteroatoms. The van der Waals surface area contributed by atoms with Gasteiger partial charge in [-0.2, -0.15) is 0 Å². The Kier molecular flexibility index (Phi) is 4.46. The van der Waals surface area contributed by atoms with Crippen LogP contribution in [0.1, 0.15) is 36.0 Å². The number of benzene rings is 1. The zero-order valence-corrected chi connectivity index (χ0v) is 17.0. The number of nitrogens with zero attached hydrogens (tertiary/aromatic N) is 1. The Hall–Kier alpha value is -2.28. The molecule has 1 aromatic carbocycles. The van der Waals surface area contributed by atoms with E-state index in [1.54, 1.807) is 26.4 Å². The molecule has 2 bridgehead atoms. The summed E-state index contributed by atoms with van der Waals surface area (Å²) in [7, 11) is 3.12. The van der Waals surface area contributed by atoms with Gasteiger partial charge in [-0.3, -0.25) is 9.59 Å². The highest BCUT2D eigenvalue weighted by molar-refractivity contribution is 6.00. The van der Waals surface area contributed by atoms with Crippen LogP contribution >= 0.6 is 0 Å². The molecular weight excluding hydrogens is 372 g/mol. The predicted molar refractivity (Wildman–Crippen MR) is 105 cm³/mol. The molecule has 0 radical (unpaired) electrons. The van der Waals surface area contributed by atoms with Gasteiger partial charge in [0, 0.05) is 30.8 Å². The van der Waals surface area contributed by atoms with Crippen molar-refractivity contribution in [2.45, 2.75) is 37.4 Å². The zero-order chi connectivity index (χ0) is 20.2. The number of ether oxygens (including phenoxy) is 3. The molecule has 1 saturated carbocycles. The third kappa shape index (κ3) is 2.98. The molecular formula is C22H28N2O5. The fourth-order valence-corrected chi connectivity index (χ4v) is 5.55. The first-order valence-electron chi connectivity index (χ1n) is 10.5. The van der Waals surface area contributed by atoms with E-state index in [-0.39, 0.29) is 41.3 Å². The molecule has 3 aliphatic heterocycles. The molecule has 156 valence electrons. The van der Waals surface area contributed by atoms with Crippen molar-refractivity contribution >= 4 is 11.8 Å². The summed E-state index contributed by atoms with van der Waals surface area (Å²) in [5, 5.41) is 3.13. The van der Waals surface area contributed by atoms with Gasteiger partial charge in [0.05, 0.1) is 32.5 Å². The lowest BCUT2D eigenvalue weighted by Gasteiger charge is -2.29. The Morgan fingerprint density at radius 2 is 1.93 bits per heavy atom. The van der Waals surface area contributed by atoms with Crippen LogP contribution in [0.2, 0.25) is 0 Å². The second-order valence-electron chi connectivity index (χ2n) is 8.77. The number of methoxy groups -OCH3 is 2. The SMILES string of the molecule is COc1cccc(OC)c1C(=O)N1C[C@@H]2[C@H](CNC(=O)C3CC3)[C@H]3CC[C@]2(C1)O3. The van der Waals surface area contributed by atoms with Crippen molar-refractivity contribution in [3.63, 3.8) is 0 Å². The van der Waals surface area contributed by atoms with Crippen LogP contribution in [0.3, 0.4) is 0 Å². The van der Waals surface area contributed by atoms with Gasteiger partial charge in [0.15, 0.2) is 0 Å². The summed E-state index contributed by atoms with van der Waals surface area (Å²) < 4.78 is 17.3. The summed E-state index contributed by atoms with van der Waals surface area (Å²) in [4.78, 5) is 27.4. The lowest BCUT2D eigenvalue weighted by molar-refractivity contribution is -0.122. The van der Waals surface area contributed by atoms with Crippen LogP contribution in [0.25, 0.3) is 0 Å². The van der Waals surface area contributed by atoms with E-state index in [4.69, 9.17) is 14.2 Å². The van der Waals surface area contributed by atoms with Crippen LogP contribution in [0.5, 0.6) is 11.5 Å². The van der Waals surface area contributed by atoms with Crippen LogP contribution in [0.4, 0.5) is 0 Å². The number of carbonyl (C=O) groups excluding carboxylic acids is 2. The van der Waals surface area contributed by atoms with Crippen LogP contribution in [0.15, 0.2) is 18.2 Å². The van der Waals surface area contributed by atoms with Crippen molar-refractivity contribution in [1.82, 2.24) is 10.2 Å². The van der Waals surface area contributed by atoms with Gasteiger partial charge < -0.3 is 24.4 Å². The molecule has 29 heavy (non-hydrogen) atoms. The van der Waals surface area contributed by atoms with Gasteiger partial charge in [-0.25, -0.2) is 0 Å². The van der Waals surface area contributed by atoms with E-state index in [1.165, 1.54) is 0 Å². The topological polar surface area (TPSA) is 77.1 Å². The van der Waals surface area contributed by atoms with Crippen molar-refractivity contribution in [3.05, 3.63) is 23.8 Å². The molecule has 1 aromatic rings. The van der Waals surface area contributed by atoms with Gasteiger partial charge in [0.1, 0.15) is 17.1 Å². The maximum Gasteiger partial charge on any atom is 0.261 e. The van der Waals surface area contributed by atoms with Gasteiger partial charge in [0.2, 0.25) is 5.91 Å². The number of rotatable bonds is 6. The van der Waals surface area contributed by atoms with Crippen LogP contribution in [-0.2, 0) is 9.53 Å². The molecule has 4 aliphatic rings. The molecule has 1 aliphatic carbocycles. The molecule has 4 atom stereocenters. The summed E-state index contributed by atoms with van der Waals surface area (Å²) in [5.41, 5.74) is 0.187. The zero-order valence-electron chi connectivity index (χ0n) is 17.0. The van der Waals surface area contributed by atoms with Crippen molar-refractivity contribution in [3.8, 4) is 11.5 Å². The fourth-order valence-electron chi connectivity index (χ4n) is 5.55. The van der Waals surface area contributed by atoms with Crippen LogP contribution in [-0.4, -0.2) is 62.3 Å². The third-order valence-electron chi connectivity index (χ3n) is 7.17. The minimum Gasteiger partial charge on any atom is -0.496 e. The smallest absolute Gasteiger partial charge is 0.261 e. The second kappa shape index (κ2) is 6.90. The lowest BCUT2D eigenvalue weighted by atomic mass is 9.73. The Balaban J connectivity index is 1.35.